The number of hydrogen-bond donors (Lipinski definition) is 1. The second-order valence-electron chi connectivity index (χ2n) is 6.25. The molecule has 0 aliphatic heterocycles. The van der Waals surface area contributed by atoms with Crippen LogP contribution in [0.4, 0.5) is 4.39 Å². The Morgan fingerprint density at radius 3 is 2.33 bits per heavy atom. The van der Waals surface area contributed by atoms with E-state index < -0.39 is 5.82 Å². The molecule has 0 bridgehead atoms. The summed E-state index contributed by atoms with van der Waals surface area (Å²) in [5.74, 6) is -0.722. The molecule has 0 aliphatic rings. The van der Waals surface area contributed by atoms with E-state index in [4.69, 9.17) is 0 Å². The van der Waals surface area contributed by atoms with Gasteiger partial charge in [0, 0.05) is 11.1 Å². The molecule has 0 aromatic heterocycles. The summed E-state index contributed by atoms with van der Waals surface area (Å²) >= 11 is 0. The number of aromatic hydroxyl groups is 1. The molecule has 3 heteroatoms. The summed E-state index contributed by atoms with van der Waals surface area (Å²) in [4.78, 5) is 12.5. The molecule has 0 saturated heterocycles. The summed E-state index contributed by atoms with van der Waals surface area (Å²) < 4.78 is 13.8. The number of hydrogen-bond acceptors (Lipinski definition) is 2. The highest BCUT2D eigenvalue weighted by atomic mass is 19.1. The average Bonchev–Trinajstić information content (AvgIpc) is 2.40. The first-order valence-corrected chi connectivity index (χ1v) is 6.85. The minimum Gasteiger partial charge on any atom is -0.507 e. The van der Waals surface area contributed by atoms with Crippen LogP contribution >= 0.6 is 0 Å². The third kappa shape index (κ3) is 2.97. The van der Waals surface area contributed by atoms with Crippen LogP contribution in [0.1, 0.15) is 47.8 Å². The topological polar surface area (TPSA) is 37.3 Å². The predicted octanol–water partition coefficient (Wildman–Crippen LogP) is 4.37. The molecule has 0 spiro atoms. The fourth-order valence-electron chi connectivity index (χ4n) is 2.28. The van der Waals surface area contributed by atoms with Crippen LogP contribution in [0.3, 0.4) is 0 Å². The van der Waals surface area contributed by atoms with Gasteiger partial charge < -0.3 is 5.11 Å². The zero-order valence-corrected chi connectivity index (χ0v) is 12.7. The van der Waals surface area contributed by atoms with Crippen LogP contribution in [-0.4, -0.2) is 10.9 Å². The van der Waals surface area contributed by atoms with E-state index in [1.807, 2.05) is 20.8 Å². The van der Waals surface area contributed by atoms with Gasteiger partial charge in [0.2, 0.25) is 0 Å². The molecule has 0 heterocycles. The molecule has 0 radical (unpaired) electrons. The van der Waals surface area contributed by atoms with Gasteiger partial charge in [0.1, 0.15) is 11.6 Å². The van der Waals surface area contributed by atoms with Crippen LogP contribution in [0.25, 0.3) is 0 Å². The largest absolute Gasteiger partial charge is 0.507 e. The Hall–Kier alpha value is -2.16. The third-order valence-electron chi connectivity index (χ3n) is 3.49. The molecule has 1 N–H and O–H groups in total. The van der Waals surface area contributed by atoms with Crippen LogP contribution in [-0.2, 0) is 5.41 Å². The van der Waals surface area contributed by atoms with Crippen molar-refractivity contribution in [2.45, 2.75) is 33.1 Å². The van der Waals surface area contributed by atoms with Crippen molar-refractivity contribution < 1.29 is 14.3 Å². The van der Waals surface area contributed by atoms with Crippen molar-refractivity contribution in [2.24, 2.45) is 0 Å². The Bertz CT molecular complexity index is 697. The lowest BCUT2D eigenvalue weighted by Gasteiger charge is -2.22. The third-order valence-corrected chi connectivity index (χ3v) is 3.49. The SMILES string of the molecule is Cc1cc(C(=O)c2ccccc2F)cc(C(C)(C)C)c1O. The zero-order chi connectivity index (χ0) is 15.8. The zero-order valence-electron chi connectivity index (χ0n) is 12.7. The van der Waals surface area contributed by atoms with Gasteiger partial charge in [0.15, 0.2) is 5.78 Å². The molecule has 0 fully saturated rings. The molecule has 21 heavy (non-hydrogen) atoms. The Morgan fingerprint density at radius 2 is 1.76 bits per heavy atom. The highest BCUT2D eigenvalue weighted by Crippen LogP contribution is 2.34. The van der Waals surface area contributed by atoms with Gasteiger partial charge in [-0.25, -0.2) is 4.39 Å². The van der Waals surface area contributed by atoms with Crippen molar-refractivity contribution in [3.05, 3.63) is 64.5 Å². The van der Waals surface area contributed by atoms with Gasteiger partial charge >= 0.3 is 0 Å². The summed E-state index contributed by atoms with van der Waals surface area (Å²) in [7, 11) is 0. The van der Waals surface area contributed by atoms with E-state index in [0.29, 0.717) is 16.7 Å². The molecule has 2 aromatic rings. The lowest BCUT2D eigenvalue weighted by molar-refractivity contribution is 0.103. The summed E-state index contributed by atoms with van der Waals surface area (Å²) in [6.07, 6.45) is 0. The van der Waals surface area contributed by atoms with Crippen LogP contribution < -0.4 is 0 Å². The number of ketones is 1. The van der Waals surface area contributed by atoms with Crippen molar-refractivity contribution in [2.75, 3.05) is 0 Å². The Morgan fingerprint density at radius 1 is 1.14 bits per heavy atom. The Kier molecular flexibility index (Phi) is 3.86. The molecule has 0 atom stereocenters. The monoisotopic (exact) mass is 286 g/mol. The Balaban J connectivity index is 2.58. The maximum Gasteiger partial charge on any atom is 0.195 e. The van der Waals surface area contributed by atoms with Crippen LogP contribution in [0.15, 0.2) is 36.4 Å². The summed E-state index contributed by atoms with van der Waals surface area (Å²) in [6, 6.07) is 9.17. The van der Waals surface area contributed by atoms with Crippen LogP contribution in [0, 0.1) is 12.7 Å². The van der Waals surface area contributed by atoms with E-state index in [-0.39, 0.29) is 22.5 Å². The van der Waals surface area contributed by atoms with E-state index >= 15 is 0 Å². The van der Waals surface area contributed by atoms with Crippen LogP contribution in [0.5, 0.6) is 5.75 Å². The van der Waals surface area contributed by atoms with Gasteiger partial charge in [-0.2, -0.15) is 0 Å². The standard InChI is InChI=1S/C18H19FO2/c1-11-9-12(10-14(16(11)20)18(2,3)4)17(21)13-7-5-6-8-15(13)19/h5-10,20H,1-4H3. The van der Waals surface area contributed by atoms with Gasteiger partial charge in [0.05, 0.1) is 5.56 Å². The number of rotatable bonds is 2. The summed E-state index contributed by atoms with van der Waals surface area (Å²) in [6.45, 7) is 7.61. The minimum absolute atomic E-state index is 0.0439. The van der Waals surface area contributed by atoms with Gasteiger partial charge in [-0.15, -0.1) is 0 Å². The smallest absolute Gasteiger partial charge is 0.195 e. The molecule has 110 valence electrons. The maximum absolute atomic E-state index is 13.8. The van der Waals surface area contributed by atoms with Gasteiger partial charge in [-0.1, -0.05) is 32.9 Å². The first-order chi connectivity index (χ1) is 9.71. The number of phenolic OH excluding ortho intramolecular Hbond substituents is 1. The van der Waals surface area contributed by atoms with Gasteiger partial charge in [0.25, 0.3) is 0 Å². The van der Waals surface area contributed by atoms with Crippen LogP contribution in [0.2, 0.25) is 0 Å². The van der Waals surface area contributed by atoms with E-state index in [0.717, 1.165) is 0 Å². The molecule has 0 saturated carbocycles. The first kappa shape index (κ1) is 15.2. The van der Waals surface area contributed by atoms with E-state index in [1.165, 1.54) is 12.1 Å². The summed E-state index contributed by atoms with van der Waals surface area (Å²) in [5, 5.41) is 10.2. The highest BCUT2D eigenvalue weighted by Gasteiger charge is 2.23. The van der Waals surface area contributed by atoms with Gasteiger partial charge in [-0.3, -0.25) is 4.79 Å². The van der Waals surface area contributed by atoms with Crippen molar-refractivity contribution in [1.29, 1.82) is 0 Å². The number of aryl methyl sites for hydroxylation is 1. The quantitative estimate of drug-likeness (QED) is 0.832. The second-order valence-corrected chi connectivity index (χ2v) is 6.25. The van der Waals surface area contributed by atoms with E-state index in [1.54, 1.807) is 31.2 Å². The molecule has 0 amide bonds. The number of phenols is 1. The average molecular weight is 286 g/mol. The molecule has 2 rings (SSSR count). The molecule has 0 unspecified atom stereocenters. The molecular weight excluding hydrogens is 267 g/mol. The first-order valence-electron chi connectivity index (χ1n) is 6.85. The highest BCUT2D eigenvalue weighted by molar-refractivity contribution is 6.09. The fourth-order valence-corrected chi connectivity index (χ4v) is 2.28. The van der Waals surface area contributed by atoms with Crippen molar-refractivity contribution in [3.63, 3.8) is 0 Å². The maximum atomic E-state index is 13.8. The van der Waals surface area contributed by atoms with E-state index in [9.17, 15) is 14.3 Å². The Labute approximate surface area is 124 Å². The van der Waals surface area contributed by atoms with Gasteiger partial charge in [-0.05, 0) is 42.2 Å². The number of halogens is 1. The second kappa shape index (κ2) is 5.32. The summed E-state index contributed by atoms with van der Waals surface area (Å²) in [5.41, 5.74) is 1.42. The van der Waals surface area contributed by atoms with E-state index in [2.05, 4.69) is 0 Å². The lowest BCUT2D eigenvalue weighted by atomic mass is 9.83. The van der Waals surface area contributed by atoms with Crippen molar-refractivity contribution in [3.8, 4) is 5.75 Å². The minimum atomic E-state index is -0.537. The van der Waals surface area contributed by atoms with Crippen molar-refractivity contribution in [1.82, 2.24) is 0 Å². The molecule has 2 aromatic carbocycles. The number of carbonyl (C=O) groups excluding carboxylic acids is 1. The lowest BCUT2D eigenvalue weighted by Crippen LogP contribution is -2.14. The molecule has 0 aliphatic carbocycles. The molecule has 2 nitrogen and oxygen atoms in total. The normalized spacial score (nSPS) is 11.5. The molecular formula is C18H19FO2. The fraction of sp³-hybridized carbons (Fsp3) is 0.278. The predicted molar refractivity (Wildman–Crippen MR) is 81.4 cm³/mol. The number of carbonyl (C=O) groups is 1. The van der Waals surface area contributed by atoms with Crippen molar-refractivity contribution >= 4 is 5.78 Å². The number of benzene rings is 2.